The number of hydrogen-bond acceptors (Lipinski definition) is 8. The minimum Gasteiger partial charge on any atom is -0.466 e. The molecule has 3 unspecified atom stereocenters. The fourth-order valence-corrected chi connectivity index (χ4v) is 6.25. The van der Waals surface area contributed by atoms with Crippen LogP contribution < -0.4 is 10.6 Å². The highest BCUT2D eigenvalue weighted by molar-refractivity contribution is 5.94. The Morgan fingerprint density at radius 3 is 1.76 bits per heavy atom. The molecule has 51 heavy (non-hydrogen) atoms. The molecular weight excluding hydrogens is 648 g/mol. The van der Waals surface area contributed by atoms with Gasteiger partial charge in [0.2, 0.25) is 11.8 Å². The lowest BCUT2D eigenvalue weighted by molar-refractivity contribution is -0.146. The molecule has 0 saturated heterocycles. The Labute approximate surface area is 309 Å². The van der Waals surface area contributed by atoms with Crippen molar-refractivity contribution in [1.82, 2.24) is 10.6 Å². The molecule has 6 atom stereocenters. The maximum absolute atomic E-state index is 12.8. The molecule has 1 fully saturated rings. The highest BCUT2D eigenvalue weighted by atomic mass is 16.5. The van der Waals surface area contributed by atoms with Gasteiger partial charge in [0, 0.05) is 49.5 Å². The van der Waals surface area contributed by atoms with Crippen LogP contribution >= 0.6 is 0 Å². The molecule has 10 nitrogen and oxygen atoms in total. The van der Waals surface area contributed by atoms with Gasteiger partial charge in [0.15, 0.2) is 5.78 Å². The summed E-state index contributed by atoms with van der Waals surface area (Å²) in [5.41, 5.74) is 0. The molecule has 294 valence electrons. The van der Waals surface area contributed by atoms with Crippen LogP contribution in [0.15, 0.2) is 0 Å². The van der Waals surface area contributed by atoms with Crippen molar-refractivity contribution in [1.29, 1.82) is 0 Å². The first kappa shape index (κ1) is 48.1. The number of aldehydes is 1. The Morgan fingerprint density at radius 2 is 1.29 bits per heavy atom. The van der Waals surface area contributed by atoms with Crippen molar-refractivity contribution >= 4 is 41.4 Å². The van der Waals surface area contributed by atoms with E-state index in [1.54, 1.807) is 6.92 Å². The third-order valence-electron chi connectivity index (χ3n) is 9.05. The molecule has 0 bridgehead atoms. The number of carbonyl (C=O) groups is 7. The van der Waals surface area contributed by atoms with E-state index < -0.39 is 12.0 Å². The van der Waals surface area contributed by atoms with E-state index in [0.717, 1.165) is 25.5 Å². The van der Waals surface area contributed by atoms with Gasteiger partial charge in [0.25, 0.3) is 0 Å². The van der Waals surface area contributed by atoms with Crippen molar-refractivity contribution in [2.75, 3.05) is 13.2 Å². The first-order chi connectivity index (χ1) is 23.9. The molecule has 0 heterocycles. The number of unbranched alkanes of at least 4 members (excludes halogenated alkanes) is 1. The summed E-state index contributed by atoms with van der Waals surface area (Å²) >= 11 is 0. The van der Waals surface area contributed by atoms with Gasteiger partial charge in [-0.1, -0.05) is 75.2 Å². The van der Waals surface area contributed by atoms with E-state index in [4.69, 9.17) is 4.74 Å². The molecular formula is C41H72N2O8. The summed E-state index contributed by atoms with van der Waals surface area (Å²) in [6.07, 6.45) is 7.39. The Balaban J connectivity index is 0.000000986. The molecule has 0 spiro atoms. The largest absolute Gasteiger partial charge is 0.466 e. The van der Waals surface area contributed by atoms with Crippen LogP contribution in [-0.2, 0) is 38.3 Å². The van der Waals surface area contributed by atoms with Gasteiger partial charge in [-0.3, -0.25) is 24.0 Å². The van der Waals surface area contributed by atoms with Gasteiger partial charge in [0.05, 0.1) is 18.6 Å². The molecule has 1 saturated carbocycles. The Morgan fingerprint density at radius 1 is 0.725 bits per heavy atom. The zero-order valence-corrected chi connectivity index (χ0v) is 33.8. The fraction of sp³-hybridized carbons (Fsp3) is 0.829. The van der Waals surface area contributed by atoms with Gasteiger partial charge in [-0.15, -0.1) is 0 Å². The molecule has 2 amide bonds. The van der Waals surface area contributed by atoms with Crippen molar-refractivity contribution in [3.8, 4) is 0 Å². The number of Topliss-reactive ketones (excluding diaryl/α,β-unsaturated/α-hetero) is 3. The van der Waals surface area contributed by atoms with Gasteiger partial charge < -0.3 is 25.0 Å². The molecule has 0 radical (unpaired) electrons. The van der Waals surface area contributed by atoms with E-state index in [1.807, 2.05) is 27.7 Å². The predicted molar refractivity (Wildman–Crippen MR) is 202 cm³/mol. The SMILES string of the molecule is CCCCC(C=O)CC(=O)C(CC(C)C)NC(=O)C(CC(C)=O)CC(C)C.CCOC(=O)[C@H]1C[C@@H]1C(=O)C[C@@H](CC(C)C)C(=O)NCCC(C)C. The zero-order valence-electron chi connectivity index (χ0n) is 33.8. The highest BCUT2D eigenvalue weighted by Gasteiger charge is 2.49. The molecule has 0 aromatic heterocycles. The minimum atomic E-state index is -0.594. The van der Waals surface area contributed by atoms with Crippen molar-refractivity contribution in [3.05, 3.63) is 0 Å². The van der Waals surface area contributed by atoms with Crippen molar-refractivity contribution in [3.63, 3.8) is 0 Å². The number of rotatable bonds is 26. The minimum absolute atomic E-state index is 0.0249. The summed E-state index contributed by atoms with van der Waals surface area (Å²) in [6.45, 7) is 22.6. The van der Waals surface area contributed by atoms with Crippen molar-refractivity contribution in [2.45, 2.75) is 153 Å². The first-order valence-corrected chi connectivity index (χ1v) is 19.6. The highest BCUT2D eigenvalue weighted by Crippen LogP contribution is 2.42. The van der Waals surface area contributed by atoms with Gasteiger partial charge >= 0.3 is 5.97 Å². The standard InChI is InChI=1S/C22H39NO4.C19H33NO4/c1-7-8-9-18(14-24)13-21(26)20(11-16(4)5)23-22(27)19(10-15(2)3)12-17(6)25;1-6-24-19(23)16-11-15(16)17(21)10-14(9-13(4)5)18(22)20-8-7-12(2)3/h14-16,18-20H,7-13H2,1-6H3,(H,23,27);12-16H,6-11H2,1-5H3,(H,20,22)/t;14-,15+,16+/m.1/s1. The monoisotopic (exact) mass is 721 g/mol. The molecule has 1 aliphatic rings. The van der Waals surface area contributed by atoms with Gasteiger partial charge in [0.1, 0.15) is 17.9 Å². The van der Waals surface area contributed by atoms with Gasteiger partial charge in [-0.05, 0) is 76.0 Å². The summed E-state index contributed by atoms with van der Waals surface area (Å²) < 4.78 is 4.97. The Bertz CT molecular complexity index is 1100. The van der Waals surface area contributed by atoms with Gasteiger partial charge in [-0.25, -0.2) is 0 Å². The normalized spacial score (nSPS) is 17.5. The third kappa shape index (κ3) is 21.9. The summed E-state index contributed by atoms with van der Waals surface area (Å²) in [7, 11) is 0. The van der Waals surface area contributed by atoms with E-state index in [1.165, 1.54) is 6.92 Å². The smallest absolute Gasteiger partial charge is 0.309 e. The number of amides is 2. The van der Waals surface area contributed by atoms with Gasteiger partial charge in [-0.2, -0.15) is 0 Å². The number of carbonyl (C=O) groups excluding carboxylic acids is 7. The van der Waals surface area contributed by atoms with E-state index in [-0.39, 0.29) is 89.9 Å². The lowest BCUT2D eigenvalue weighted by Gasteiger charge is -2.24. The Kier molecular flexibility index (Phi) is 24.5. The van der Waals surface area contributed by atoms with Crippen LogP contribution in [0.2, 0.25) is 0 Å². The second-order valence-electron chi connectivity index (χ2n) is 16.3. The lowest BCUT2D eigenvalue weighted by atomic mass is 9.89. The molecule has 10 heteroatoms. The quantitative estimate of drug-likeness (QED) is 0.0710. The van der Waals surface area contributed by atoms with Crippen LogP contribution in [0.5, 0.6) is 0 Å². The first-order valence-electron chi connectivity index (χ1n) is 19.6. The third-order valence-corrected chi connectivity index (χ3v) is 9.05. The number of hydrogen-bond donors (Lipinski definition) is 2. The van der Waals surface area contributed by atoms with Crippen LogP contribution in [-0.4, -0.2) is 60.6 Å². The van der Waals surface area contributed by atoms with Crippen LogP contribution in [0.1, 0.15) is 147 Å². The molecule has 0 aromatic carbocycles. The summed E-state index contributed by atoms with van der Waals surface area (Å²) in [5, 5.41) is 5.84. The second kappa shape index (κ2) is 25.9. The van der Waals surface area contributed by atoms with E-state index in [0.29, 0.717) is 57.1 Å². The summed E-state index contributed by atoms with van der Waals surface area (Å²) in [6, 6.07) is -0.594. The van der Waals surface area contributed by atoms with Crippen LogP contribution in [0, 0.1) is 53.3 Å². The lowest BCUT2D eigenvalue weighted by Crippen LogP contribution is -2.45. The molecule has 1 rings (SSSR count). The van der Waals surface area contributed by atoms with E-state index in [9.17, 15) is 33.6 Å². The maximum atomic E-state index is 12.8. The molecule has 0 aliphatic heterocycles. The number of ketones is 3. The molecule has 0 aromatic rings. The molecule has 1 aliphatic carbocycles. The Hall–Kier alpha value is -2.91. The average molecular weight is 721 g/mol. The zero-order chi connectivity index (χ0) is 39.3. The van der Waals surface area contributed by atoms with Crippen LogP contribution in [0.25, 0.3) is 0 Å². The number of ether oxygens (including phenoxy) is 1. The predicted octanol–water partition coefficient (Wildman–Crippen LogP) is 7.09. The number of nitrogens with one attached hydrogen (secondary N) is 2. The summed E-state index contributed by atoms with van der Waals surface area (Å²) in [5.74, 6) is -0.759. The maximum Gasteiger partial charge on any atom is 0.309 e. The second-order valence-corrected chi connectivity index (χ2v) is 16.3. The average Bonchev–Trinajstić information content (AvgIpc) is 3.83. The fourth-order valence-electron chi connectivity index (χ4n) is 6.25. The molecule has 2 N–H and O–H groups in total. The summed E-state index contributed by atoms with van der Waals surface area (Å²) in [4.78, 5) is 84.8. The topological polar surface area (TPSA) is 153 Å². The van der Waals surface area contributed by atoms with E-state index >= 15 is 0 Å². The van der Waals surface area contributed by atoms with Crippen molar-refractivity contribution < 1.29 is 38.3 Å². The van der Waals surface area contributed by atoms with E-state index in [2.05, 4.69) is 45.3 Å². The van der Waals surface area contributed by atoms with Crippen LogP contribution in [0.4, 0.5) is 0 Å². The number of esters is 1. The van der Waals surface area contributed by atoms with Crippen LogP contribution in [0.3, 0.4) is 0 Å². The van der Waals surface area contributed by atoms with Crippen molar-refractivity contribution in [2.24, 2.45) is 53.3 Å².